The molecule has 0 aliphatic carbocycles. The van der Waals surface area contributed by atoms with Crippen molar-refractivity contribution in [3.05, 3.63) is 66.0 Å². The van der Waals surface area contributed by atoms with Crippen LogP contribution in [0.25, 0.3) is 21.8 Å². The molecule has 2 heterocycles. The van der Waals surface area contributed by atoms with E-state index >= 15 is 0 Å². The lowest BCUT2D eigenvalue weighted by Gasteiger charge is -2.21. The fraction of sp³-hybridized carbons (Fsp3) is 0.321. The van der Waals surface area contributed by atoms with E-state index < -0.39 is 18.0 Å². The van der Waals surface area contributed by atoms with Crippen LogP contribution in [-0.2, 0) is 22.4 Å². The highest BCUT2D eigenvalue weighted by atomic mass is 16.5. The molecule has 0 unspecified atom stereocenters. The number of amides is 2. The summed E-state index contributed by atoms with van der Waals surface area (Å²) < 4.78 is 5.34. The number of aliphatic imine (C=N–C) groups is 1. The molecule has 0 fully saturated rings. The van der Waals surface area contributed by atoms with E-state index in [0.29, 0.717) is 38.8 Å². The van der Waals surface area contributed by atoms with Crippen LogP contribution < -0.4 is 32.6 Å². The van der Waals surface area contributed by atoms with E-state index in [-0.39, 0.29) is 11.9 Å². The molecule has 11 heteroatoms. The molecule has 0 aliphatic rings. The number of hydrogen-bond acceptors (Lipinski definition) is 5. The van der Waals surface area contributed by atoms with Crippen molar-refractivity contribution in [2.24, 2.45) is 22.2 Å². The zero-order valence-corrected chi connectivity index (χ0v) is 22.0. The van der Waals surface area contributed by atoms with Crippen molar-refractivity contribution in [2.75, 3.05) is 20.2 Å². The van der Waals surface area contributed by atoms with Gasteiger partial charge in [0.25, 0.3) is 0 Å². The van der Waals surface area contributed by atoms with Crippen LogP contribution in [0.2, 0.25) is 0 Å². The first kappa shape index (κ1) is 27.5. The highest BCUT2D eigenvalue weighted by Crippen LogP contribution is 2.24. The second-order valence-corrected chi connectivity index (χ2v) is 9.45. The molecule has 0 saturated heterocycles. The third kappa shape index (κ3) is 7.08. The summed E-state index contributed by atoms with van der Waals surface area (Å²) in [5, 5.41) is 7.89. The zero-order chi connectivity index (χ0) is 27.8. The average molecular weight is 533 g/mol. The number of H-pyrrole nitrogens is 2. The Kier molecular flexibility index (Phi) is 9.06. The van der Waals surface area contributed by atoms with Crippen LogP contribution in [0.15, 0.2) is 59.9 Å². The maximum Gasteiger partial charge on any atom is 0.242 e. The van der Waals surface area contributed by atoms with Gasteiger partial charge in [0.2, 0.25) is 11.8 Å². The molecule has 206 valence electrons. The van der Waals surface area contributed by atoms with E-state index in [1.54, 1.807) is 7.11 Å². The molecule has 2 aromatic heterocycles. The molecule has 10 N–H and O–H groups in total. The Hall–Kier alpha value is -4.51. The Morgan fingerprint density at radius 2 is 1.74 bits per heavy atom. The number of hydrogen-bond donors (Lipinski definition) is 7. The zero-order valence-electron chi connectivity index (χ0n) is 22.0. The molecule has 39 heavy (non-hydrogen) atoms. The van der Waals surface area contributed by atoms with Gasteiger partial charge in [-0.25, -0.2) is 0 Å². The van der Waals surface area contributed by atoms with Crippen molar-refractivity contribution in [2.45, 2.75) is 37.8 Å². The summed E-state index contributed by atoms with van der Waals surface area (Å²) >= 11 is 0. The van der Waals surface area contributed by atoms with Gasteiger partial charge in [0.05, 0.1) is 13.2 Å². The largest absolute Gasteiger partial charge is 0.497 e. The number of para-hydroxylation sites is 1. The topological polar surface area (TPSA) is 189 Å². The number of fused-ring (bicyclic) bond motifs is 2. The van der Waals surface area contributed by atoms with Gasteiger partial charge < -0.3 is 42.5 Å². The molecule has 2 amide bonds. The van der Waals surface area contributed by atoms with Crippen molar-refractivity contribution in [1.82, 2.24) is 20.6 Å². The van der Waals surface area contributed by atoms with Crippen LogP contribution >= 0.6 is 0 Å². The number of rotatable bonds is 13. The van der Waals surface area contributed by atoms with E-state index in [0.717, 1.165) is 38.7 Å². The van der Waals surface area contributed by atoms with Crippen LogP contribution in [0.3, 0.4) is 0 Å². The predicted molar refractivity (Wildman–Crippen MR) is 153 cm³/mol. The Bertz CT molecular complexity index is 1450. The molecule has 2 atom stereocenters. The minimum atomic E-state index is -0.802. The quantitative estimate of drug-likeness (QED) is 0.0774. The number of nitrogens with two attached hydrogens (primary N) is 3. The second-order valence-electron chi connectivity index (χ2n) is 9.45. The maximum absolute atomic E-state index is 13.3. The van der Waals surface area contributed by atoms with Crippen molar-refractivity contribution >= 4 is 39.6 Å². The molecule has 0 radical (unpaired) electrons. The van der Waals surface area contributed by atoms with Gasteiger partial charge in [0.15, 0.2) is 5.96 Å². The molecule has 0 bridgehead atoms. The SMILES string of the molecule is COc1ccc2[nH]cc(CCNC(=O)[C@H](Cc3c[nH]c4ccccc34)NC(=O)[C@@H](N)CCCN=C(N)N)c2c1. The lowest BCUT2D eigenvalue weighted by Crippen LogP contribution is -2.52. The first-order valence-corrected chi connectivity index (χ1v) is 12.9. The number of aromatic amines is 2. The fourth-order valence-corrected chi connectivity index (χ4v) is 4.59. The smallest absolute Gasteiger partial charge is 0.242 e. The van der Waals surface area contributed by atoms with Gasteiger partial charge in [0, 0.05) is 53.7 Å². The molecule has 0 saturated carbocycles. The normalized spacial score (nSPS) is 12.7. The molecule has 4 aromatic rings. The number of methoxy groups -OCH3 is 1. The van der Waals surface area contributed by atoms with Crippen molar-refractivity contribution in [1.29, 1.82) is 0 Å². The molecular weight excluding hydrogens is 496 g/mol. The summed E-state index contributed by atoms with van der Waals surface area (Å²) in [6.45, 7) is 0.774. The predicted octanol–water partition coefficient (Wildman–Crippen LogP) is 1.42. The fourth-order valence-electron chi connectivity index (χ4n) is 4.59. The third-order valence-electron chi connectivity index (χ3n) is 6.70. The minimum Gasteiger partial charge on any atom is -0.497 e. The van der Waals surface area contributed by atoms with Crippen LogP contribution in [0.4, 0.5) is 0 Å². The van der Waals surface area contributed by atoms with Crippen LogP contribution in [0, 0.1) is 0 Å². The summed E-state index contributed by atoms with van der Waals surface area (Å²) in [5.41, 5.74) is 20.7. The van der Waals surface area contributed by atoms with Crippen molar-refractivity contribution < 1.29 is 14.3 Å². The van der Waals surface area contributed by atoms with E-state index in [1.165, 1.54) is 0 Å². The second kappa shape index (κ2) is 12.8. The minimum absolute atomic E-state index is 0.00439. The number of benzene rings is 2. The Balaban J connectivity index is 1.42. The molecule has 4 rings (SSSR count). The van der Waals surface area contributed by atoms with Crippen LogP contribution in [-0.4, -0.2) is 60.0 Å². The summed E-state index contributed by atoms with van der Waals surface area (Å²) in [6, 6.07) is 12.1. The Morgan fingerprint density at radius 3 is 2.51 bits per heavy atom. The number of carbonyl (C=O) groups excluding carboxylic acids is 2. The van der Waals surface area contributed by atoms with Crippen LogP contribution in [0.1, 0.15) is 24.0 Å². The van der Waals surface area contributed by atoms with Gasteiger partial charge in [-0.15, -0.1) is 0 Å². The van der Waals surface area contributed by atoms with E-state index in [1.807, 2.05) is 54.9 Å². The Morgan fingerprint density at radius 1 is 1.00 bits per heavy atom. The summed E-state index contributed by atoms with van der Waals surface area (Å²) in [5.74, 6) is 0.0842. The van der Waals surface area contributed by atoms with Gasteiger partial charge >= 0.3 is 0 Å². The number of ether oxygens (including phenoxy) is 1. The number of nitrogens with zero attached hydrogens (tertiary/aromatic N) is 1. The van der Waals surface area contributed by atoms with E-state index in [9.17, 15) is 9.59 Å². The standard InChI is InChI=1S/C28H36N8O3/c1-39-19-8-9-24-21(14-19)17(15-34-24)10-12-32-27(38)25(13-18-16-35-23-7-3-2-5-20(18)23)36-26(37)22(29)6-4-11-33-28(30)31/h2-3,5,7-9,14-16,22,25,34-35H,4,6,10-13,29H2,1H3,(H,32,38)(H,36,37)(H4,30,31,33)/t22-,25-/m0/s1. The van der Waals surface area contributed by atoms with E-state index in [2.05, 4.69) is 25.6 Å². The highest BCUT2D eigenvalue weighted by Gasteiger charge is 2.25. The van der Waals surface area contributed by atoms with Gasteiger partial charge in [0.1, 0.15) is 11.8 Å². The number of carbonyl (C=O) groups is 2. The average Bonchev–Trinajstić information content (AvgIpc) is 3.54. The van der Waals surface area contributed by atoms with Gasteiger partial charge in [-0.2, -0.15) is 0 Å². The van der Waals surface area contributed by atoms with E-state index in [4.69, 9.17) is 21.9 Å². The molecule has 11 nitrogen and oxygen atoms in total. The van der Waals surface area contributed by atoms with Crippen molar-refractivity contribution in [3.8, 4) is 5.75 Å². The summed E-state index contributed by atoms with van der Waals surface area (Å²) in [4.78, 5) is 36.6. The third-order valence-corrected chi connectivity index (χ3v) is 6.70. The lowest BCUT2D eigenvalue weighted by atomic mass is 10.0. The molecule has 0 aliphatic heterocycles. The van der Waals surface area contributed by atoms with Gasteiger partial charge in [-0.05, 0) is 54.7 Å². The van der Waals surface area contributed by atoms with Gasteiger partial charge in [-0.3, -0.25) is 14.6 Å². The van der Waals surface area contributed by atoms with Gasteiger partial charge in [-0.1, -0.05) is 18.2 Å². The maximum atomic E-state index is 13.3. The highest BCUT2D eigenvalue weighted by molar-refractivity contribution is 5.91. The molecular formula is C28H36N8O3. The first-order chi connectivity index (χ1) is 18.9. The Labute approximate surface area is 226 Å². The summed E-state index contributed by atoms with van der Waals surface area (Å²) in [7, 11) is 1.63. The van der Waals surface area contributed by atoms with Crippen LogP contribution in [0.5, 0.6) is 5.75 Å². The molecule has 0 spiro atoms. The number of guanidine groups is 1. The molecule has 2 aromatic carbocycles. The monoisotopic (exact) mass is 532 g/mol. The number of aromatic nitrogens is 2. The summed E-state index contributed by atoms with van der Waals surface area (Å²) in [6.07, 6.45) is 5.65. The number of nitrogens with one attached hydrogen (secondary N) is 4. The first-order valence-electron chi connectivity index (χ1n) is 12.9. The van der Waals surface area contributed by atoms with Crippen molar-refractivity contribution in [3.63, 3.8) is 0 Å². The lowest BCUT2D eigenvalue weighted by molar-refractivity contribution is -0.129.